The molecule has 0 saturated heterocycles. The fraction of sp³-hybridized carbons (Fsp3) is 0.429. The Hall–Kier alpha value is -1.85. The zero-order valence-electron chi connectivity index (χ0n) is 11.0. The topological polar surface area (TPSA) is 43.4 Å². The van der Waals surface area contributed by atoms with E-state index < -0.39 is 29.3 Å². The lowest BCUT2D eigenvalue weighted by molar-refractivity contribution is -0.145. The number of carbonyl (C=O) groups excluding carboxylic acids is 2. The predicted molar refractivity (Wildman–Crippen MR) is 65.4 cm³/mol. The molecule has 0 aromatic heterocycles. The number of rotatable bonds is 7. The molecule has 3 nitrogen and oxygen atoms in total. The highest BCUT2D eigenvalue weighted by atomic mass is 19.2. The molecule has 0 spiro atoms. The molecule has 0 aliphatic carbocycles. The maximum absolute atomic E-state index is 13.4. The fourth-order valence-electron chi connectivity index (χ4n) is 1.63. The SMILES string of the molecule is CCCC(=O)OCC(C=O)Cc1cc(F)c(F)cc1F. The van der Waals surface area contributed by atoms with Gasteiger partial charge in [-0.3, -0.25) is 4.79 Å². The minimum absolute atomic E-state index is 0.132. The van der Waals surface area contributed by atoms with Gasteiger partial charge in [0.15, 0.2) is 11.6 Å². The normalized spacial score (nSPS) is 12.0. The van der Waals surface area contributed by atoms with Gasteiger partial charge in [0.1, 0.15) is 18.7 Å². The molecule has 0 heterocycles. The van der Waals surface area contributed by atoms with E-state index >= 15 is 0 Å². The highest BCUT2D eigenvalue weighted by Gasteiger charge is 2.16. The van der Waals surface area contributed by atoms with Crippen LogP contribution in [-0.4, -0.2) is 18.9 Å². The van der Waals surface area contributed by atoms with Gasteiger partial charge in [-0.2, -0.15) is 0 Å². The summed E-state index contributed by atoms with van der Waals surface area (Å²) in [6.07, 6.45) is 1.18. The Morgan fingerprint density at radius 3 is 2.50 bits per heavy atom. The molecule has 0 fully saturated rings. The first-order valence-electron chi connectivity index (χ1n) is 6.22. The molecule has 1 rings (SSSR count). The van der Waals surface area contributed by atoms with Crippen LogP contribution in [0.5, 0.6) is 0 Å². The van der Waals surface area contributed by atoms with Crippen molar-refractivity contribution in [3.8, 4) is 0 Å². The lowest BCUT2D eigenvalue weighted by Gasteiger charge is -2.12. The molecule has 0 amide bonds. The summed E-state index contributed by atoms with van der Waals surface area (Å²) >= 11 is 0. The smallest absolute Gasteiger partial charge is 0.305 e. The highest BCUT2D eigenvalue weighted by Crippen LogP contribution is 2.17. The summed E-state index contributed by atoms with van der Waals surface area (Å²) in [4.78, 5) is 22.0. The Morgan fingerprint density at radius 2 is 1.90 bits per heavy atom. The predicted octanol–water partition coefficient (Wildman–Crippen LogP) is 2.80. The van der Waals surface area contributed by atoms with Crippen molar-refractivity contribution in [2.45, 2.75) is 26.2 Å². The third-order valence-electron chi connectivity index (χ3n) is 2.68. The van der Waals surface area contributed by atoms with Crippen LogP contribution >= 0.6 is 0 Å². The third kappa shape index (κ3) is 4.68. The van der Waals surface area contributed by atoms with Gasteiger partial charge in [-0.1, -0.05) is 6.92 Å². The maximum atomic E-state index is 13.4. The molecule has 1 atom stereocenters. The summed E-state index contributed by atoms with van der Waals surface area (Å²) < 4.78 is 44.0. The van der Waals surface area contributed by atoms with Crippen molar-refractivity contribution in [2.24, 2.45) is 5.92 Å². The van der Waals surface area contributed by atoms with Crippen LogP contribution in [-0.2, 0) is 20.7 Å². The van der Waals surface area contributed by atoms with Crippen molar-refractivity contribution < 1.29 is 27.5 Å². The maximum Gasteiger partial charge on any atom is 0.305 e. The second-order valence-electron chi connectivity index (χ2n) is 4.39. The number of halogens is 3. The summed E-state index contributed by atoms with van der Waals surface area (Å²) in [5.74, 6) is -4.66. The van der Waals surface area contributed by atoms with E-state index in [1.54, 1.807) is 6.92 Å². The van der Waals surface area contributed by atoms with Gasteiger partial charge < -0.3 is 9.53 Å². The van der Waals surface area contributed by atoms with Gasteiger partial charge in [-0.05, 0) is 24.5 Å². The Kier molecular flexibility index (Phi) is 6.21. The van der Waals surface area contributed by atoms with Gasteiger partial charge in [0.2, 0.25) is 0 Å². The zero-order valence-corrected chi connectivity index (χ0v) is 11.0. The van der Waals surface area contributed by atoms with E-state index in [0.29, 0.717) is 24.8 Å². The first kappa shape index (κ1) is 16.2. The molecule has 1 aromatic rings. The summed E-state index contributed by atoms with van der Waals surface area (Å²) in [5.41, 5.74) is -0.132. The van der Waals surface area contributed by atoms with Crippen LogP contribution in [0.1, 0.15) is 25.3 Å². The molecular formula is C14H15F3O3. The van der Waals surface area contributed by atoms with E-state index in [9.17, 15) is 22.8 Å². The van der Waals surface area contributed by atoms with Crippen LogP contribution < -0.4 is 0 Å². The van der Waals surface area contributed by atoms with E-state index in [1.807, 2.05) is 0 Å². The average molecular weight is 288 g/mol. The van der Waals surface area contributed by atoms with Crippen molar-refractivity contribution >= 4 is 12.3 Å². The molecule has 0 aliphatic rings. The quantitative estimate of drug-likeness (QED) is 0.440. The van der Waals surface area contributed by atoms with Gasteiger partial charge in [0, 0.05) is 12.5 Å². The van der Waals surface area contributed by atoms with Crippen LogP contribution in [0.25, 0.3) is 0 Å². The van der Waals surface area contributed by atoms with E-state index in [0.717, 1.165) is 0 Å². The highest BCUT2D eigenvalue weighted by molar-refractivity contribution is 5.69. The Labute approximate surface area is 114 Å². The van der Waals surface area contributed by atoms with Crippen molar-refractivity contribution in [1.82, 2.24) is 0 Å². The molecule has 0 bridgehead atoms. The lowest BCUT2D eigenvalue weighted by Crippen LogP contribution is -2.18. The summed E-state index contributed by atoms with van der Waals surface area (Å²) in [5, 5.41) is 0. The molecule has 20 heavy (non-hydrogen) atoms. The molecule has 0 radical (unpaired) electrons. The van der Waals surface area contributed by atoms with Crippen molar-refractivity contribution in [3.63, 3.8) is 0 Å². The van der Waals surface area contributed by atoms with E-state index in [2.05, 4.69) is 0 Å². The second-order valence-corrected chi connectivity index (χ2v) is 4.39. The molecule has 0 aliphatic heterocycles. The van der Waals surface area contributed by atoms with Crippen LogP contribution in [0.4, 0.5) is 13.2 Å². The minimum atomic E-state index is -1.29. The van der Waals surface area contributed by atoms with E-state index in [-0.39, 0.29) is 25.0 Å². The summed E-state index contributed by atoms with van der Waals surface area (Å²) in [7, 11) is 0. The standard InChI is InChI=1S/C14H15F3O3/c1-2-3-14(19)20-8-9(7-18)4-10-5-12(16)13(17)6-11(10)15/h5-7,9H,2-4,8H2,1H3. The molecule has 110 valence electrons. The van der Waals surface area contributed by atoms with Crippen LogP contribution in [0, 0.1) is 23.4 Å². The van der Waals surface area contributed by atoms with Gasteiger partial charge in [0.05, 0.1) is 5.92 Å². The molecule has 0 saturated carbocycles. The third-order valence-corrected chi connectivity index (χ3v) is 2.68. The van der Waals surface area contributed by atoms with Crippen molar-refractivity contribution in [2.75, 3.05) is 6.61 Å². The Morgan fingerprint density at radius 1 is 1.25 bits per heavy atom. The van der Waals surface area contributed by atoms with E-state index in [4.69, 9.17) is 4.74 Å². The number of hydrogen-bond acceptors (Lipinski definition) is 3. The van der Waals surface area contributed by atoms with Crippen molar-refractivity contribution in [3.05, 3.63) is 35.1 Å². The molecular weight excluding hydrogens is 273 g/mol. The summed E-state index contributed by atoms with van der Waals surface area (Å²) in [6.45, 7) is 1.59. The largest absolute Gasteiger partial charge is 0.465 e. The van der Waals surface area contributed by atoms with E-state index in [1.165, 1.54) is 0 Å². The fourth-order valence-corrected chi connectivity index (χ4v) is 1.63. The summed E-state index contributed by atoms with van der Waals surface area (Å²) in [6, 6.07) is 1.13. The number of ether oxygens (including phenoxy) is 1. The van der Waals surface area contributed by atoms with Gasteiger partial charge >= 0.3 is 5.97 Å². The van der Waals surface area contributed by atoms with Gasteiger partial charge in [0.25, 0.3) is 0 Å². The number of carbonyl (C=O) groups is 2. The van der Waals surface area contributed by atoms with Crippen LogP contribution in [0.15, 0.2) is 12.1 Å². The Balaban J connectivity index is 2.67. The van der Waals surface area contributed by atoms with Gasteiger partial charge in [-0.15, -0.1) is 0 Å². The first-order valence-corrected chi connectivity index (χ1v) is 6.22. The molecule has 1 aromatic carbocycles. The Bertz CT molecular complexity index is 489. The molecule has 0 N–H and O–H groups in total. The lowest BCUT2D eigenvalue weighted by atomic mass is 10.0. The second kappa shape index (κ2) is 7.67. The van der Waals surface area contributed by atoms with Crippen LogP contribution in [0.2, 0.25) is 0 Å². The number of esters is 1. The number of aldehydes is 1. The number of hydrogen-bond donors (Lipinski definition) is 0. The van der Waals surface area contributed by atoms with Crippen LogP contribution in [0.3, 0.4) is 0 Å². The van der Waals surface area contributed by atoms with Gasteiger partial charge in [-0.25, -0.2) is 13.2 Å². The zero-order chi connectivity index (χ0) is 15.1. The first-order chi connectivity index (χ1) is 9.47. The molecule has 6 heteroatoms. The monoisotopic (exact) mass is 288 g/mol. The average Bonchev–Trinajstić information content (AvgIpc) is 2.40. The van der Waals surface area contributed by atoms with Crippen molar-refractivity contribution in [1.29, 1.82) is 0 Å². The minimum Gasteiger partial charge on any atom is -0.465 e. The number of benzene rings is 1. The molecule has 1 unspecified atom stereocenters.